The van der Waals surface area contributed by atoms with Gasteiger partial charge in [-0.3, -0.25) is 9.59 Å². The Labute approximate surface area is 185 Å². The highest BCUT2D eigenvalue weighted by atomic mass is 16.5. The molecule has 0 aromatic heterocycles. The van der Waals surface area contributed by atoms with Crippen molar-refractivity contribution < 1.29 is 24.5 Å². The minimum atomic E-state index is -0.641. The van der Waals surface area contributed by atoms with Crippen LogP contribution in [0.5, 0.6) is 0 Å². The van der Waals surface area contributed by atoms with E-state index in [9.17, 15) is 19.8 Å². The molecule has 1 saturated carbocycles. The Morgan fingerprint density at radius 1 is 1.10 bits per heavy atom. The van der Waals surface area contributed by atoms with E-state index in [0.717, 1.165) is 18.4 Å². The molecule has 0 radical (unpaired) electrons. The van der Waals surface area contributed by atoms with E-state index >= 15 is 0 Å². The van der Waals surface area contributed by atoms with Gasteiger partial charge >= 0.3 is 5.97 Å². The quantitative estimate of drug-likeness (QED) is 0.226. The number of ketones is 1. The predicted molar refractivity (Wildman–Crippen MR) is 121 cm³/mol. The van der Waals surface area contributed by atoms with Gasteiger partial charge in [0, 0.05) is 25.2 Å². The maximum atomic E-state index is 12.2. The number of hydrogen-bond donors (Lipinski definition) is 2. The maximum absolute atomic E-state index is 12.2. The first kappa shape index (κ1) is 25.0. The molecule has 1 aromatic carbocycles. The minimum Gasteiger partial charge on any atom is -0.463 e. The van der Waals surface area contributed by atoms with E-state index in [1.165, 1.54) is 0 Å². The fraction of sp³-hybridized carbons (Fsp3) is 0.538. The van der Waals surface area contributed by atoms with Gasteiger partial charge in [0.15, 0.2) is 5.78 Å². The van der Waals surface area contributed by atoms with E-state index in [1.807, 2.05) is 56.3 Å². The van der Waals surface area contributed by atoms with Gasteiger partial charge in [-0.2, -0.15) is 0 Å². The van der Waals surface area contributed by atoms with Gasteiger partial charge in [-0.25, -0.2) is 0 Å². The zero-order valence-corrected chi connectivity index (χ0v) is 18.7. The molecule has 5 nitrogen and oxygen atoms in total. The first-order valence-electron chi connectivity index (χ1n) is 11.3. The number of rotatable bonds is 12. The molecule has 1 fully saturated rings. The van der Waals surface area contributed by atoms with Gasteiger partial charge in [0.1, 0.15) is 0 Å². The van der Waals surface area contributed by atoms with Crippen LogP contribution in [0, 0.1) is 11.8 Å². The summed E-state index contributed by atoms with van der Waals surface area (Å²) in [6.45, 7) is 3.67. The Bertz CT molecular complexity index is 737. The van der Waals surface area contributed by atoms with E-state index in [2.05, 4.69) is 0 Å². The number of aliphatic hydroxyl groups excluding tert-OH is 2. The number of carbonyl (C=O) groups is 2. The number of esters is 1. The zero-order valence-electron chi connectivity index (χ0n) is 18.7. The van der Waals surface area contributed by atoms with Crippen molar-refractivity contribution in [3.05, 3.63) is 60.2 Å². The number of ether oxygens (including phenoxy) is 1. The Morgan fingerprint density at radius 2 is 1.84 bits per heavy atom. The van der Waals surface area contributed by atoms with Gasteiger partial charge in [-0.15, -0.1) is 0 Å². The van der Waals surface area contributed by atoms with Crippen LogP contribution >= 0.6 is 0 Å². The highest BCUT2D eigenvalue weighted by molar-refractivity contribution is 5.89. The fourth-order valence-electron chi connectivity index (χ4n) is 3.98. The van der Waals surface area contributed by atoms with E-state index < -0.39 is 12.2 Å². The second-order valence-corrected chi connectivity index (χ2v) is 8.56. The second kappa shape index (κ2) is 13.2. The number of aliphatic hydroxyl groups is 2. The van der Waals surface area contributed by atoms with Crippen molar-refractivity contribution in [2.45, 2.75) is 77.1 Å². The monoisotopic (exact) mass is 428 g/mol. The smallest absolute Gasteiger partial charge is 0.306 e. The third kappa shape index (κ3) is 9.19. The molecule has 170 valence electrons. The molecule has 31 heavy (non-hydrogen) atoms. The lowest BCUT2D eigenvalue weighted by molar-refractivity contribution is -0.147. The van der Waals surface area contributed by atoms with Crippen molar-refractivity contribution >= 4 is 11.8 Å². The lowest BCUT2D eigenvalue weighted by Gasteiger charge is -2.19. The van der Waals surface area contributed by atoms with Gasteiger partial charge in [0.25, 0.3) is 0 Å². The molecule has 0 heterocycles. The van der Waals surface area contributed by atoms with E-state index in [1.54, 1.807) is 12.2 Å². The van der Waals surface area contributed by atoms with Crippen LogP contribution in [0.25, 0.3) is 0 Å². The van der Waals surface area contributed by atoms with Crippen molar-refractivity contribution in [1.82, 2.24) is 0 Å². The van der Waals surface area contributed by atoms with Gasteiger partial charge in [0.05, 0.1) is 18.3 Å². The van der Waals surface area contributed by atoms with Crippen molar-refractivity contribution in [1.29, 1.82) is 0 Å². The molecule has 5 heteroatoms. The largest absolute Gasteiger partial charge is 0.463 e. The maximum Gasteiger partial charge on any atom is 0.306 e. The summed E-state index contributed by atoms with van der Waals surface area (Å²) >= 11 is 0. The lowest BCUT2D eigenvalue weighted by atomic mass is 9.89. The van der Waals surface area contributed by atoms with E-state index in [0.29, 0.717) is 32.1 Å². The predicted octanol–water partition coefficient (Wildman–Crippen LogP) is 4.17. The topological polar surface area (TPSA) is 83.8 Å². The molecule has 2 rings (SSSR count). The summed E-state index contributed by atoms with van der Waals surface area (Å²) in [5.74, 6) is -0.503. The van der Waals surface area contributed by atoms with Crippen LogP contribution < -0.4 is 0 Å². The van der Waals surface area contributed by atoms with Gasteiger partial charge < -0.3 is 14.9 Å². The average molecular weight is 429 g/mol. The summed E-state index contributed by atoms with van der Waals surface area (Å²) in [7, 11) is 0. The molecule has 2 unspecified atom stereocenters. The van der Waals surface area contributed by atoms with E-state index in [-0.39, 0.29) is 29.7 Å². The first-order chi connectivity index (χ1) is 14.9. The third-order valence-corrected chi connectivity index (χ3v) is 5.62. The standard InChI is InChI=1S/C26H36O5/c1-19(2)31-26(30)13-9-4-3-8-12-22-23(25(29)18-24(22)28)17-16-21(27)15-14-20-10-6-5-7-11-20/h3,5-8,10-11,16-17,19,22-25,28-29H,4,9,12-15,18H2,1-2H3/b8-3-,17-16+/t22?,23?,24-,25+/m0/s1. The van der Waals surface area contributed by atoms with Crippen molar-refractivity contribution in [3.8, 4) is 0 Å². The number of benzene rings is 1. The molecule has 0 saturated heterocycles. The number of hydrogen-bond acceptors (Lipinski definition) is 5. The summed E-state index contributed by atoms with van der Waals surface area (Å²) in [6.07, 6.45) is 9.96. The van der Waals surface area contributed by atoms with Crippen LogP contribution in [0.15, 0.2) is 54.6 Å². The Hall–Kier alpha value is -2.24. The Kier molecular flexibility index (Phi) is 10.7. The number of allylic oxidation sites excluding steroid dienone is 3. The normalized spacial score (nSPS) is 23.8. The first-order valence-corrected chi connectivity index (χ1v) is 11.3. The molecule has 0 amide bonds. The van der Waals surface area contributed by atoms with Gasteiger partial charge in [-0.1, -0.05) is 48.6 Å². The average Bonchev–Trinajstić information content (AvgIpc) is 3.00. The summed E-state index contributed by atoms with van der Waals surface area (Å²) in [5, 5.41) is 20.7. The molecular weight excluding hydrogens is 392 g/mol. The van der Waals surface area contributed by atoms with Crippen molar-refractivity contribution in [3.63, 3.8) is 0 Å². The van der Waals surface area contributed by atoms with E-state index in [4.69, 9.17) is 4.74 Å². The van der Waals surface area contributed by atoms with Crippen molar-refractivity contribution in [2.75, 3.05) is 0 Å². The summed E-state index contributed by atoms with van der Waals surface area (Å²) in [4.78, 5) is 23.8. The molecule has 0 spiro atoms. The van der Waals surface area contributed by atoms with Crippen LogP contribution in [0.1, 0.15) is 57.9 Å². The van der Waals surface area contributed by atoms with Crippen LogP contribution in [0.4, 0.5) is 0 Å². The molecular formula is C26H36O5. The highest BCUT2D eigenvalue weighted by Gasteiger charge is 2.39. The molecule has 1 aliphatic carbocycles. The second-order valence-electron chi connectivity index (χ2n) is 8.56. The van der Waals surface area contributed by atoms with Crippen LogP contribution in [-0.2, 0) is 20.7 Å². The van der Waals surface area contributed by atoms with Crippen LogP contribution in [-0.4, -0.2) is 40.3 Å². The van der Waals surface area contributed by atoms with Crippen LogP contribution in [0.3, 0.4) is 0 Å². The molecule has 2 N–H and O–H groups in total. The summed E-state index contributed by atoms with van der Waals surface area (Å²) < 4.78 is 5.11. The number of aryl methyl sites for hydroxylation is 1. The molecule has 4 atom stereocenters. The highest BCUT2D eigenvalue weighted by Crippen LogP contribution is 2.36. The summed E-state index contributed by atoms with van der Waals surface area (Å²) in [6, 6.07) is 9.88. The Morgan fingerprint density at radius 3 is 2.55 bits per heavy atom. The summed E-state index contributed by atoms with van der Waals surface area (Å²) in [5.41, 5.74) is 1.13. The lowest BCUT2D eigenvalue weighted by Crippen LogP contribution is -2.20. The molecule has 1 aliphatic rings. The third-order valence-electron chi connectivity index (χ3n) is 5.62. The van der Waals surface area contributed by atoms with Crippen LogP contribution in [0.2, 0.25) is 0 Å². The fourth-order valence-corrected chi connectivity index (χ4v) is 3.98. The molecule has 1 aromatic rings. The van der Waals surface area contributed by atoms with Gasteiger partial charge in [-0.05, 0) is 57.1 Å². The molecule has 0 bridgehead atoms. The number of unbranched alkanes of at least 4 members (excludes halogenated alkanes) is 1. The SMILES string of the molecule is CC(C)OC(=O)CCC/C=C\CC1C(/C=C/C(=O)CCc2ccccc2)[C@H](O)C[C@@H]1O. The molecule has 0 aliphatic heterocycles. The zero-order chi connectivity index (χ0) is 22.6. The van der Waals surface area contributed by atoms with Gasteiger partial charge in [0.2, 0.25) is 0 Å². The Balaban J connectivity index is 1.77. The van der Waals surface area contributed by atoms with Crippen molar-refractivity contribution in [2.24, 2.45) is 11.8 Å². The minimum absolute atomic E-state index is 0.0278. The number of carbonyl (C=O) groups excluding carboxylic acids is 2.